The number of fused-ring (bicyclic) bond motifs is 2. The molecule has 0 bridgehead atoms. The van der Waals surface area contributed by atoms with Gasteiger partial charge in [0.15, 0.2) is 5.78 Å². The fourth-order valence-electron chi connectivity index (χ4n) is 3.45. The number of thiophene rings is 1. The van der Waals surface area contributed by atoms with Crippen molar-refractivity contribution in [3.63, 3.8) is 0 Å². The summed E-state index contributed by atoms with van der Waals surface area (Å²) in [4.78, 5) is 29.4. The van der Waals surface area contributed by atoms with Crippen molar-refractivity contribution in [2.24, 2.45) is 7.05 Å². The number of ether oxygens (including phenoxy) is 1. The number of amides is 1. The zero-order valence-electron chi connectivity index (χ0n) is 16.7. The van der Waals surface area contributed by atoms with Gasteiger partial charge in [0.05, 0.1) is 26.2 Å². The van der Waals surface area contributed by atoms with Gasteiger partial charge in [-0.25, -0.2) is 0 Å². The summed E-state index contributed by atoms with van der Waals surface area (Å²) < 4.78 is 8.99. The molecule has 0 spiro atoms. The standard InChI is InChI=1S/C22H21N3O3S/c1-5-17(26)19-11-15-21(29-19)18(8-9-24-15)28-13-6-7-14-16(10-13)25(4)12(2)20(14)22(27)23-3/h6-11H,5H2,1-4H3,(H,23,27). The summed E-state index contributed by atoms with van der Waals surface area (Å²) in [6.45, 7) is 3.77. The highest BCUT2D eigenvalue weighted by atomic mass is 32.1. The molecular formula is C22H21N3O3S. The van der Waals surface area contributed by atoms with E-state index in [1.165, 1.54) is 11.3 Å². The van der Waals surface area contributed by atoms with Gasteiger partial charge in [0.1, 0.15) is 11.5 Å². The molecule has 3 heterocycles. The molecule has 6 nitrogen and oxygen atoms in total. The highest BCUT2D eigenvalue weighted by Gasteiger charge is 2.19. The van der Waals surface area contributed by atoms with Gasteiger partial charge >= 0.3 is 0 Å². The molecule has 29 heavy (non-hydrogen) atoms. The molecule has 4 aromatic rings. The Morgan fingerprint density at radius 3 is 2.76 bits per heavy atom. The van der Waals surface area contributed by atoms with E-state index in [4.69, 9.17) is 4.74 Å². The van der Waals surface area contributed by atoms with Crippen LogP contribution < -0.4 is 10.1 Å². The van der Waals surface area contributed by atoms with Crippen molar-refractivity contribution in [2.75, 3.05) is 7.05 Å². The van der Waals surface area contributed by atoms with Crippen molar-refractivity contribution in [1.29, 1.82) is 0 Å². The number of hydrogen-bond acceptors (Lipinski definition) is 5. The highest BCUT2D eigenvalue weighted by Crippen LogP contribution is 2.36. The molecule has 1 N–H and O–H groups in total. The maximum atomic E-state index is 12.3. The molecule has 148 valence electrons. The number of pyridine rings is 1. The molecule has 0 aliphatic heterocycles. The van der Waals surface area contributed by atoms with E-state index in [-0.39, 0.29) is 11.7 Å². The van der Waals surface area contributed by atoms with Gasteiger partial charge in [-0.15, -0.1) is 11.3 Å². The summed E-state index contributed by atoms with van der Waals surface area (Å²) in [6.07, 6.45) is 2.14. The number of Topliss-reactive ketones (excluding diaryl/α,β-unsaturated/α-hetero) is 1. The van der Waals surface area contributed by atoms with E-state index in [1.54, 1.807) is 19.3 Å². The van der Waals surface area contributed by atoms with Crippen molar-refractivity contribution in [1.82, 2.24) is 14.9 Å². The van der Waals surface area contributed by atoms with E-state index in [9.17, 15) is 9.59 Å². The van der Waals surface area contributed by atoms with Crippen LogP contribution in [0.4, 0.5) is 0 Å². The highest BCUT2D eigenvalue weighted by molar-refractivity contribution is 7.21. The predicted octanol–water partition coefficient (Wildman–Crippen LogP) is 4.84. The first kappa shape index (κ1) is 19.1. The third-order valence-corrected chi connectivity index (χ3v) is 6.30. The third-order valence-electron chi connectivity index (χ3n) is 5.12. The maximum absolute atomic E-state index is 12.3. The SMILES string of the molecule is CCC(=O)c1cc2nccc(Oc3ccc4c(C(=O)NC)c(C)n(C)c4c3)c2s1. The number of aromatic nitrogens is 2. The average Bonchev–Trinajstić information content (AvgIpc) is 3.28. The van der Waals surface area contributed by atoms with Gasteiger partial charge < -0.3 is 14.6 Å². The van der Waals surface area contributed by atoms with E-state index in [0.717, 1.165) is 26.8 Å². The number of hydrogen-bond donors (Lipinski definition) is 1. The van der Waals surface area contributed by atoms with E-state index in [1.807, 2.05) is 49.7 Å². The number of nitrogens with zero attached hydrogens (tertiary/aromatic N) is 2. The lowest BCUT2D eigenvalue weighted by Gasteiger charge is -2.07. The Morgan fingerprint density at radius 1 is 1.24 bits per heavy atom. The zero-order chi connectivity index (χ0) is 20.7. The average molecular weight is 407 g/mol. The smallest absolute Gasteiger partial charge is 0.253 e. The molecule has 0 fully saturated rings. The number of ketones is 1. The molecule has 0 aliphatic carbocycles. The van der Waals surface area contributed by atoms with Crippen LogP contribution in [0.15, 0.2) is 36.5 Å². The molecule has 1 amide bonds. The Labute approximate surface area is 172 Å². The first-order valence-corrected chi connectivity index (χ1v) is 10.2. The van der Waals surface area contributed by atoms with Crippen LogP contribution in [0.25, 0.3) is 21.1 Å². The third kappa shape index (κ3) is 3.17. The van der Waals surface area contributed by atoms with E-state index >= 15 is 0 Å². The van der Waals surface area contributed by atoms with Crippen molar-refractivity contribution >= 4 is 44.1 Å². The Kier molecular flexibility index (Phi) is 4.84. The van der Waals surface area contributed by atoms with Crippen LogP contribution >= 0.6 is 11.3 Å². The minimum absolute atomic E-state index is 0.0985. The second-order valence-corrected chi connectivity index (χ2v) is 7.84. The Hall–Kier alpha value is -3.19. The first-order chi connectivity index (χ1) is 13.9. The Morgan fingerprint density at radius 2 is 2.03 bits per heavy atom. The Balaban J connectivity index is 1.77. The van der Waals surface area contributed by atoms with Crippen LogP contribution in [0.5, 0.6) is 11.5 Å². The summed E-state index contributed by atoms with van der Waals surface area (Å²) in [7, 11) is 3.56. The van der Waals surface area contributed by atoms with Gasteiger partial charge in [0.2, 0.25) is 0 Å². The lowest BCUT2D eigenvalue weighted by molar-refractivity contribution is 0.0961. The number of carbonyl (C=O) groups is 2. The molecule has 7 heteroatoms. The van der Waals surface area contributed by atoms with E-state index in [2.05, 4.69) is 10.3 Å². The summed E-state index contributed by atoms with van der Waals surface area (Å²) in [5, 5.41) is 3.58. The van der Waals surface area contributed by atoms with Gasteiger partial charge in [-0.2, -0.15) is 0 Å². The first-order valence-electron chi connectivity index (χ1n) is 9.35. The molecule has 3 aromatic heterocycles. The lowest BCUT2D eigenvalue weighted by atomic mass is 10.1. The van der Waals surface area contributed by atoms with Gasteiger partial charge in [0.25, 0.3) is 5.91 Å². The summed E-state index contributed by atoms with van der Waals surface area (Å²) in [6, 6.07) is 9.30. The van der Waals surface area contributed by atoms with Crippen molar-refractivity contribution < 1.29 is 14.3 Å². The van der Waals surface area contributed by atoms with Gasteiger partial charge in [0, 0.05) is 49.9 Å². The summed E-state index contributed by atoms with van der Waals surface area (Å²) in [5.74, 6) is 1.31. The zero-order valence-corrected chi connectivity index (χ0v) is 17.5. The summed E-state index contributed by atoms with van der Waals surface area (Å²) >= 11 is 1.40. The Bertz CT molecular complexity index is 1270. The molecule has 1 aromatic carbocycles. The molecule has 0 saturated heterocycles. The van der Waals surface area contributed by atoms with Crippen molar-refractivity contribution in [3.05, 3.63) is 52.7 Å². The van der Waals surface area contributed by atoms with Crippen LogP contribution in [0, 0.1) is 6.92 Å². The predicted molar refractivity (Wildman–Crippen MR) is 115 cm³/mol. The number of nitrogens with one attached hydrogen (secondary N) is 1. The second-order valence-electron chi connectivity index (χ2n) is 6.79. The molecule has 4 rings (SSSR count). The fraction of sp³-hybridized carbons (Fsp3) is 0.227. The van der Waals surface area contributed by atoms with Gasteiger partial charge in [-0.1, -0.05) is 6.92 Å². The second kappa shape index (κ2) is 7.33. The fourth-order valence-corrected chi connectivity index (χ4v) is 4.53. The number of carbonyl (C=O) groups excluding carboxylic acids is 2. The minimum Gasteiger partial charge on any atom is -0.456 e. The van der Waals surface area contributed by atoms with Gasteiger partial charge in [-0.3, -0.25) is 14.6 Å². The molecule has 0 radical (unpaired) electrons. The minimum atomic E-state index is -0.107. The van der Waals surface area contributed by atoms with Crippen LogP contribution in [-0.4, -0.2) is 28.3 Å². The molecule has 0 atom stereocenters. The normalized spacial score (nSPS) is 11.2. The number of rotatable bonds is 5. The van der Waals surface area contributed by atoms with Crippen LogP contribution in [0.2, 0.25) is 0 Å². The van der Waals surface area contributed by atoms with Crippen molar-refractivity contribution in [3.8, 4) is 11.5 Å². The topological polar surface area (TPSA) is 73.2 Å². The largest absolute Gasteiger partial charge is 0.456 e. The van der Waals surface area contributed by atoms with Crippen molar-refractivity contribution in [2.45, 2.75) is 20.3 Å². The van der Waals surface area contributed by atoms with E-state index < -0.39 is 0 Å². The van der Waals surface area contributed by atoms with Crippen LogP contribution in [0.3, 0.4) is 0 Å². The molecule has 0 saturated carbocycles. The molecule has 0 aliphatic rings. The van der Waals surface area contributed by atoms with Crippen LogP contribution in [0.1, 0.15) is 39.1 Å². The number of aryl methyl sites for hydroxylation is 1. The van der Waals surface area contributed by atoms with Gasteiger partial charge in [-0.05, 0) is 25.1 Å². The maximum Gasteiger partial charge on any atom is 0.253 e. The lowest BCUT2D eigenvalue weighted by Crippen LogP contribution is -2.18. The number of benzene rings is 1. The summed E-state index contributed by atoms with van der Waals surface area (Å²) in [5.41, 5.74) is 3.23. The molecule has 0 unspecified atom stereocenters. The monoisotopic (exact) mass is 407 g/mol. The molecular weight excluding hydrogens is 386 g/mol. The quantitative estimate of drug-likeness (QED) is 0.481. The van der Waals surface area contributed by atoms with E-state index in [0.29, 0.717) is 28.4 Å². The van der Waals surface area contributed by atoms with Crippen LogP contribution in [-0.2, 0) is 7.05 Å².